The average Bonchev–Trinajstić information content (AvgIpc) is 3.20. The van der Waals surface area contributed by atoms with Gasteiger partial charge in [-0.15, -0.1) is 0 Å². The average molecular weight is 2030 g/mol. The van der Waals surface area contributed by atoms with Crippen molar-refractivity contribution in [2.24, 2.45) is 20.4 Å². The number of nitrogens with one attached hydrogen (secondary N) is 2. The number of benzene rings is 2. The largest absolute Gasteiger partial charge is 2.00 e. The molecule has 4 aromatic rings. The van der Waals surface area contributed by atoms with E-state index in [1.807, 2.05) is 39.8 Å². The summed E-state index contributed by atoms with van der Waals surface area (Å²) in [6.45, 7) is 23.7. The summed E-state index contributed by atoms with van der Waals surface area (Å²) < 4.78 is 0. The SMILES string of the molecule is CC(C)=O.CC(C)=O.CC(C)=O.CC(C)=O.CCN(CC)c1ccc(/C=N/N=C(\[O-])c2cc[nH+]cc2)c([O-])c1.CCN(CC)c1ccc(/C=N/N=C(\[O-])c2cc[nH+]cc2)c([O-])c1.[Mo].[Mo].[Mo].[Mo].[Mo].[Mo].[Mo].[Mo].[O-2].[O-2].[O-2].[O-2].[O-2].[O-2].[O-2].[O-2].[O-2].[O-2].[O-2].[O-2].[O-2].[O-2].[O-2].[O-2].[O-2].[O-2].[O-2].[O-2].[O-2].[O-2].[O-2].[OH3+].[OH3+]. The molecule has 0 amide bonds. The maximum atomic E-state index is 12.1. The zero-order valence-electron chi connectivity index (χ0n) is 51.8. The van der Waals surface area contributed by atoms with Crippen molar-refractivity contribution in [2.45, 2.75) is 83.1 Å². The van der Waals surface area contributed by atoms with Gasteiger partial charge < -0.3 is 186 Å². The number of carbonyl (C=O) groups is 4. The van der Waals surface area contributed by atoms with Gasteiger partial charge in [0.15, 0.2) is 24.8 Å². The zero-order valence-corrected chi connectivity index (χ0v) is 67.9. The molecule has 0 fully saturated rings. The van der Waals surface area contributed by atoms with Crippen LogP contribution in [-0.2, 0) is 325 Å². The second-order valence-corrected chi connectivity index (χ2v) is 13.3. The van der Waals surface area contributed by atoms with Crippen molar-refractivity contribution in [2.75, 3.05) is 36.0 Å². The minimum atomic E-state index is -0.456. The summed E-state index contributed by atoms with van der Waals surface area (Å²) in [6.07, 6.45) is 9.15. The molecule has 0 saturated heterocycles. The second-order valence-electron chi connectivity index (χ2n) is 13.3. The third-order valence-corrected chi connectivity index (χ3v) is 6.87. The third kappa shape index (κ3) is 128. The summed E-state index contributed by atoms with van der Waals surface area (Å²) in [5.41, 5.74) is 3.43. The molecular weight excluding hydrogens is 1960 g/mol. The van der Waals surface area contributed by atoms with Crippen LogP contribution >= 0.6 is 0 Å². The predicted octanol–water partition coefficient (Wildman–Crippen LogP) is -1.09. The first kappa shape index (κ1) is 234. The molecule has 0 unspecified atom stereocenters. The third-order valence-electron chi connectivity index (χ3n) is 6.87. The van der Waals surface area contributed by atoms with Gasteiger partial charge in [0, 0.05) is 242 Å². The quantitative estimate of drug-likeness (QED) is 0.0542. The van der Waals surface area contributed by atoms with Crippen LogP contribution in [0.5, 0.6) is 11.5 Å². The first-order valence-electron chi connectivity index (χ1n) is 19.7. The van der Waals surface area contributed by atoms with Crippen molar-refractivity contribution in [3.05, 3.63) is 108 Å². The van der Waals surface area contributed by atoms with Crippen molar-refractivity contribution < 1.29 is 355 Å². The fraction of sp³-hybridized carbons (Fsp3) is 0.348. The Morgan fingerprint density at radius 2 is 0.526 bits per heavy atom. The van der Waals surface area contributed by atoms with Gasteiger partial charge >= 0.3 is 0 Å². The van der Waals surface area contributed by atoms with Gasteiger partial charge in [-0.3, -0.25) is 0 Å². The monoisotopic (exact) mass is 2040 g/mol. The van der Waals surface area contributed by atoms with Crippen molar-refractivity contribution in [1.82, 2.24) is 0 Å². The summed E-state index contributed by atoms with van der Waals surface area (Å²) in [7, 11) is 0. The molecule has 0 atom stereocenters. The Morgan fingerprint density at radius 1 is 0.358 bits per heavy atom. The number of H-pyrrole nitrogens is 2. The number of pyridine rings is 2. The van der Waals surface area contributed by atoms with E-state index in [9.17, 15) is 39.6 Å². The summed E-state index contributed by atoms with van der Waals surface area (Å²) in [5.74, 6) is -0.532. The fourth-order valence-corrected chi connectivity index (χ4v) is 4.29. The van der Waals surface area contributed by atoms with E-state index in [1.165, 1.54) is 67.8 Å². The molecule has 584 valence electrons. The Bertz CT molecular complexity index is 1950. The molecule has 2 aromatic carbocycles. The molecule has 2 aromatic heterocycles. The van der Waals surface area contributed by atoms with Crippen LogP contribution in [0.15, 0.2) is 106 Å². The van der Waals surface area contributed by atoms with Gasteiger partial charge in [0.25, 0.3) is 0 Å². The maximum Gasteiger partial charge on any atom is 0.167 e. The van der Waals surface area contributed by atoms with Crippen LogP contribution in [-0.4, -0.2) is 73.5 Å². The number of hydrogen-bond donors (Lipinski definition) is 0. The molecule has 41 nitrogen and oxygen atoms in total. The van der Waals surface area contributed by atoms with Crippen LogP contribution in [0.2, 0.25) is 0 Å². The summed E-state index contributed by atoms with van der Waals surface area (Å²) >= 11 is 0. The van der Waals surface area contributed by atoms with Crippen molar-refractivity contribution in [3.63, 3.8) is 0 Å². The molecule has 0 saturated carbocycles. The molecule has 8 N–H and O–H groups in total. The standard InChI is InChI=1S/2C17H20N4O2.4C3H6O.8Mo.2H2O.23O/c2*1-3-21(4-2)15-6-5-14(16(22)11-15)12-19-20-17(23)13-7-9-18-10-8-13;4*1-3(2)4;;;;;;;;;;;;;;;;;;;;;;;;;;;;;;;;;/h2*5-12,22H,3-4H2,1-2H3,(H,20,23);4*1-2H3;;;;;;;;;2*1H2;;;;;;;;;;;;;;;;;;;;;;;/q;;;;;;;;;;;;;;;;23*-2/b2*19-12+;;;;;;;;;;;;;;;;;;;;;;;;;;;;;;;;;;;;;. The molecule has 0 spiro atoms. The zero-order chi connectivity index (χ0) is 47.6. The fourth-order valence-electron chi connectivity index (χ4n) is 4.29. The molecule has 0 bridgehead atoms. The number of hydrogen-bond acceptors (Lipinski definition) is 14. The van der Waals surface area contributed by atoms with Gasteiger partial charge in [0.05, 0.1) is 12.4 Å². The number of rotatable bonds is 12. The van der Waals surface area contributed by atoms with Gasteiger partial charge in [-0.1, -0.05) is 23.6 Å². The molecule has 2 heterocycles. The first-order valence-corrected chi connectivity index (χ1v) is 19.7. The van der Waals surface area contributed by atoms with E-state index in [0.29, 0.717) is 22.3 Å². The van der Waals surface area contributed by atoms with Crippen LogP contribution in [0, 0.1) is 0 Å². The van der Waals surface area contributed by atoms with E-state index in [0.717, 1.165) is 37.6 Å². The van der Waals surface area contributed by atoms with Crippen LogP contribution in [0.4, 0.5) is 11.4 Å². The van der Waals surface area contributed by atoms with E-state index >= 15 is 0 Å². The summed E-state index contributed by atoms with van der Waals surface area (Å²) in [4.78, 5) is 47.6. The number of carbonyl (C=O) groups excluding carboxylic acids is 4. The van der Waals surface area contributed by atoms with Gasteiger partial charge in [-0.25, -0.2) is 9.97 Å². The number of aromatic nitrogens is 2. The minimum absolute atomic E-state index is 0. The number of aromatic amines is 2. The van der Waals surface area contributed by atoms with E-state index in [4.69, 9.17) is 0 Å². The van der Waals surface area contributed by atoms with Crippen LogP contribution in [0.1, 0.15) is 105 Å². The molecule has 49 heteroatoms. The molecule has 0 aliphatic heterocycles. The Balaban J connectivity index is -0.0000000145. The normalized spacial score (nSPS) is 6.82. The van der Waals surface area contributed by atoms with Gasteiger partial charge in [0.2, 0.25) is 0 Å². The van der Waals surface area contributed by atoms with Crippen molar-refractivity contribution in [3.8, 4) is 11.5 Å². The van der Waals surface area contributed by atoms with E-state index < -0.39 is 11.8 Å². The van der Waals surface area contributed by atoms with Crippen LogP contribution < -0.4 is 40.2 Å². The Kier molecular flexibility index (Phi) is 361. The van der Waals surface area contributed by atoms with Crippen molar-refractivity contribution in [1.29, 1.82) is 0 Å². The summed E-state index contributed by atoms with van der Waals surface area (Å²) in [6, 6.07) is 16.7. The number of ketones is 4. The summed E-state index contributed by atoms with van der Waals surface area (Å²) in [5, 5.41) is 62.3. The number of nitrogens with zero attached hydrogens (tertiary/aromatic N) is 6. The predicted molar refractivity (Wildman–Crippen MR) is 264 cm³/mol. The minimum Gasteiger partial charge on any atom is -2.00 e. The van der Waals surface area contributed by atoms with Gasteiger partial charge in [-0.2, -0.15) is 20.4 Å². The van der Waals surface area contributed by atoms with Crippen molar-refractivity contribution >= 4 is 58.7 Å². The van der Waals surface area contributed by atoms with Crippen LogP contribution in [0.3, 0.4) is 0 Å². The smallest absolute Gasteiger partial charge is 0.167 e. The molecular formula is C46H68Mo8N8O33-46. The second kappa shape index (κ2) is 147. The van der Waals surface area contributed by atoms with E-state index in [1.54, 1.807) is 73.3 Å². The number of Topliss-reactive ketones (excluding diaryl/α,β-unsaturated/α-hetero) is 4. The van der Waals surface area contributed by atoms with Gasteiger partial charge in [0.1, 0.15) is 23.1 Å². The molecule has 0 aliphatic carbocycles. The number of anilines is 2. The Labute approximate surface area is 666 Å². The topological polar surface area (TPSA) is 966 Å². The van der Waals surface area contributed by atoms with E-state index in [-0.39, 0.29) is 340 Å². The van der Waals surface area contributed by atoms with E-state index in [2.05, 4.69) is 40.2 Å². The molecule has 95 heavy (non-hydrogen) atoms. The molecule has 0 radical (unpaired) electrons. The molecule has 0 aliphatic rings. The Morgan fingerprint density at radius 3 is 0.674 bits per heavy atom. The molecule has 4 rings (SSSR count). The Hall–Kier alpha value is -2.59. The maximum absolute atomic E-state index is 12.1. The van der Waals surface area contributed by atoms with Gasteiger partial charge in [-0.05, 0) is 130 Å². The van der Waals surface area contributed by atoms with Crippen LogP contribution in [0.25, 0.3) is 0 Å². The first-order chi connectivity index (χ1) is 29.2.